The highest BCUT2D eigenvalue weighted by Gasteiger charge is 2.54. The van der Waals surface area contributed by atoms with Crippen LogP contribution in [0.15, 0.2) is 23.1 Å². The van der Waals surface area contributed by atoms with Crippen LogP contribution in [0.4, 0.5) is 10.5 Å². The summed E-state index contributed by atoms with van der Waals surface area (Å²) in [5, 5.41) is 11.6. The summed E-state index contributed by atoms with van der Waals surface area (Å²) in [6.07, 6.45) is 1.21. The highest BCUT2D eigenvalue weighted by Crippen LogP contribution is 2.48. The van der Waals surface area contributed by atoms with E-state index in [1.807, 2.05) is 6.07 Å². The van der Waals surface area contributed by atoms with Gasteiger partial charge in [-0.3, -0.25) is 4.79 Å². The molecule has 1 aromatic carbocycles. The third-order valence-electron chi connectivity index (χ3n) is 4.88. The Labute approximate surface area is 135 Å². The van der Waals surface area contributed by atoms with Gasteiger partial charge in [-0.15, -0.1) is 0 Å². The Morgan fingerprint density at radius 2 is 2.13 bits per heavy atom. The predicted octanol–water partition coefficient (Wildman–Crippen LogP) is 0.936. The number of amides is 2. The van der Waals surface area contributed by atoms with Crippen molar-refractivity contribution in [2.45, 2.75) is 30.2 Å². The molecule has 23 heavy (non-hydrogen) atoms. The monoisotopic (exact) mass is 335 g/mol. The van der Waals surface area contributed by atoms with Gasteiger partial charge in [0.25, 0.3) is 0 Å². The molecule has 0 bridgehead atoms. The predicted molar refractivity (Wildman–Crippen MR) is 83.4 cm³/mol. The zero-order valence-electron chi connectivity index (χ0n) is 12.4. The van der Waals surface area contributed by atoms with E-state index in [9.17, 15) is 13.8 Å². The molecule has 0 radical (unpaired) electrons. The third kappa shape index (κ3) is 2.51. The molecule has 1 aromatic rings. The molecule has 1 unspecified atom stereocenters. The van der Waals surface area contributed by atoms with Crippen LogP contribution in [0, 0.1) is 5.41 Å². The van der Waals surface area contributed by atoms with E-state index in [4.69, 9.17) is 5.11 Å². The third-order valence-corrected chi connectivity index (χ3v) is 6.11. The number of likely N-dealkylation sites (tertiary alicyclic amines) is 1. The Morgan fingerprint density at radius 3 is 2.83 bits per heavy atom. The van der Waals surface area contributed by atoms with E-state index in [-0.39, 0.29) is 17.4 Å². The van der Waals surface area contributed by atoms with E-state index in [2.05, 4.69) is 10.0 Å². The van der Waals surface area contributed by atoms with E-state index in [0.29, 0.717) is 24.4 Å². The summed E-state index contributed by atoms with van der Waals surface area (Å²) in [7, 11) is -1.33. The molecule has 8 heteroatoms. The van der Waals surface area contributed by atoms with Crippen molar-refractivity contribution in [3.63, 3.8) is 0 Å². The van der Waals surface area contributed by atoms with E-state index >= 15 is 0 Å². The van der Waals surface area contributed by atoms with Crippen LogP contribution in [0.1, 0.15) is 18.4 Å². The highest BCUT2D eigenvalue weighted by molar-refractivity contribution is 7.83. The topological polar surface area (TPSA) is 98.7 Å². The van der Waals surface area contributed by atoms with Crippen molar-refractivity contribution in [1.29, 1.82) is 0 Å². The van der Waals surface area contributed by atoms with Gasteiger partial charge in [-0.05, 0) is 30.5 Å². The van der Waals surface area contributed by atoms with Crippen LogP contribution < -0.4 is 10.0 Å². The molecule has 2 amide bonds. The van der Waals surface area contributed by atoms with Crippen LogP contribution >= 0.6 is 0 Å². The number of hydrogen-bond donors (Lipinski definition) is 3. The van der Waals surface area contributed by atoms with Crippen LogP contribution in [0.2, 0.25) is 0 Å². The number of nitrogens with zero attached hydrogens (tertiary/aromatic N) is 1. The number of hydrogen-bond acceptors (Lipinski definition) is 3. The minimum absolute atomic E-state index is 0.0372. The molecule has 0 aromatic heterocycles. The normalized spacial score (nSPS) is 23.0. The quantitative estimate of drug-likeness (QED) is 0.765. The number of fused-ring (bicyclic) bond motifs is 1. The fourth-order valence-electron chi connectivity index (χ4n) is 3.75. The first-order chi connectivity index (χ1) is 10.9. The van der Waals surface area contributed by atoms with Gasteiger partial charge in [0, 0.05) is 30.2 Å². The van der Waals surface area contributed by atoms with E-state index < -0.39 is 17.1 Å². The zero-order chi connectivity index (χ0) is 16.2. The van der Waals surface area contributed by atoms with Crippen molar-refractivity contribution in [3.05, 3.63) is 23.8 Å². The molecular formula is C15H17N3O4S. The summed E-state index contributed by atoms with van der Waals surface area (Å²) in [5.74, 6) is -0.0372. The van der Waals surface area contributed by atoms with Crippen LogP contribution in [-0.4, -0.2) is 45.3 Å². The lowest BCUT2D eigenvalue weighted by molar-refractivity contribution is -0.115. The maximum Gasteiger partial charge on any atom is 0.407 e. The molecule has 122 valence electrons. The first-order valence-electron chi connectivity index (χ1n) is 7.53. The van der Waals surface area contributed by atoms with Gasteiger partial charge in [-0.1, -0.05) is 6.07 Å². The second-order valence-corrected chi connectivity index (χ2v) is 7.92. The van der Waals surface area contributed by atoms with Gasteiger partial charge in [0.1, 0.15) is 11.0 Å². The maximum atomic E-state index is 12.4. The number of benzene rings is 1. The minimum atomic E-state index is -1.33. The van der Waals surface area contributed by atoms with Crippen molar-refractivity contribution >= 4 is 28.7 Å². The summed E-state index contributed by atoms with van der Waals surface area (Å²) >= 11 is 0. The molecule has 3 N–H and O–H groups in total. The van der Waals surface area contributed by atoms with Gasteiger partial charge in [-0.25, -0.2) is 13.7 Å². The van der Waals surface area contributed by atoms with Crippen LogP contribution in [0.25, 0.3) is 0 Å². The zero-order valence-corrected chi connectivity index (χ0v) is 13.2. The Kier molecular flexibility index (Phi) is 3.21. The van der Waals surface area contributed by atoms with Crippen LogP contribution in [0.3, 0.4) is 0 Å². The van der Waals surface area contributed by atoms with E-state index in [1.54, 1.807) is 12.1 Å². The molecule has 1 spiro atoms. The summed E-state index contributed by atoms with van der Waals surface area (Å²) in [6.45, 7) is 1.16. The van der Waals surface area contributed by atoms with Crippen LogP contribution in [0.5, 0.6) is 0 Å². The Morgan fingerprint density at radius 1 is 1.39 bits per heavy atom. The molecule has 1 atom stereocenters. The smallest absolute Gasteiger partial charge is 0.407 e. The number of carbonyl (C=O) groups excluding carboxylic acids is 1. The molecule has 2 fully saturated rings. The molecule has 1 aliphatic carbocycles. The average Bonchev–Trinajstić information content (AvgIpc) is 2.78. The molecule has 1 saturated heterocycles. The molecule has 2 heterocycles. The molecule has 7 nitrogen and oxygen atoms in total. The SMILES string of the molecule is O=C1Cc2ccc(S(=O)NC3CC4(C3)CN(C(=O)O)C4)cc2N1. The number of anilines is 1. The second kappa shape index (κ2) is 5.04. The van der Waals surface area contributed by atoms with E-state index in [0.717, 1.165) is 24.1 Å². The van der Waals surface area contributed by atoms with Crippen LogP contribution in [-0.2, 0) is 22.2 Å². The largest absolute Gasteiger partial charge is 0.465 e. The van der Waals surface area contributed by atoms with Gasteiger partial charge < -0.3 is 15.3 Å². The number of rotatable bonds is 3. The molecule has 1 saturated carbocycles. The number of nitrogens with one attached hydrogen (secondary N) is 2. The van der Waals surface area contributed by atoms with Crippen molar-refractivity contribution in [2.75, 3.05) is 18.4 Å². The van der Waals surface area contributed by atoms with Crippen molar-refractivity contribution < 1.29 is 18.9 Å². The van der Waals surface area contributed by atoms with Gasteiger partial charge in [-0.2, -0.15) is 0 Å². The lowest BCUT2D eigenvalue weighted by atomic mass is 9.61. The summed E-state index contributed by atoms with van der Waals surface area (Å²) in [6, 6.07) is 5.52. The van der Waals surface area contributed by atoms with Crippen molar-refractivity contribution in [2.24, 2.45) is 5.41 Å². The first-order valence-corrected chi connectivity index (χ1v) is 8.68. The minimum Gasteiger partial charge on any atom is -0.465 e. The summed E-state index contributed by atoms with van der Waals surface area (Å²) in [5.41, 5.74) is 1.76. The first kappa shape index (κ1) is 14.6. The van der Waals surface area contributed by atoms with Crippen molar-refractivity contribution in [3.8, 4) is 0 Å². The van der Waals surface area contributed by atoms with Gasteiger partial charge in [0.15, 0.2) is 0 Å². The summed E-state index contributed by atoms with van der Waals surface area (Å²) in [4.78, 5) is 24.2. The molecular weight excluding hydrogens is 318 g/mol. The Balaban J connectivity index is 1.33. The lowest BCUT2D eigenvalue weighted by Gasteiger charge is -2.58. The molecule has 4 rings (SSSR count). The van der Waals surface area contributed by atoms with Gasteiger partial charge in [0.2, 0.25) is 5.91 Å². The van der Waals surface area contributed by atoms with Crippen molar-refractivity contribution in [1.82, 2.24) is 9.62 Å². The average molecular weight is 335 g/mol. The van der Waals surface area contributed by atoms with Gasteiger partial charge >= 0.3 is 6.09 Å². The standard InChI is InChI=1S/C15H17N3O4S/c19-13-3-9-1-2-11(4-12(9)16-13)23(22)17-10-5-15(6-10)7-18(8-15)14(20)21/h1-2,4,10,17H,3,5-8H2,(H,16,19)(H,20,21). The molecule has 2 aliphatic heterocycles. The number of carboxylic acid groups (broad SMARTS) is 1. The lowest BCUT2D eigenvalue weighted by Crippen LogP contribution is -2.67. The molecule has 3 aliphatic rings. The second-order valence-electron chi connectivity index (χ2n) is 6.67. The van der Waals surface area contributed by atoms with Gasteiger partial charge in [0.05, 0.1) is 11.3 Å². The highest BCUT2D eigenvalue weighted by atomic mass is 32.2. The number of carbonyl (C=O) groups is 2. The Bertz CT molecular complexity index is 721. The Hall–Kier alpha value is -1.93. The summed E-state index contributed by atoms with van der Waals surface area (Å²) < 4.78 is 15.5. The van der Waals surface area contributed by atoms with E-state index in [1.165, 1.54) is 4.90 Å². The maximum absolute atomic E-state index is 12.4. The fourth-order valence-corrected chi connectivity index (χ4v) is 4.78. The fraction of sp³-hybridized carbons (Fsp3) is 0.467.